The van der Waals surface area contributed by atoms with Crippen molar-refractivity contribution in [2.24, 2.45) is 0 Å². The highest BCUT2D eigenvalue weighted by Crippen LogP contribution is 2.19. The van der Waals surface area contributed by atoms with Crippen molar-refractivity contribution < 1.29 is 14.3 Å². The molecule has 0 fully saturated rings. The molecule has 2 aromatic rings. The Morgan fingerprint density at radius 2 is 2.24 bits per heavy atom. The average Bonchev–Trinajstić information content (AvgIpc) is 2.63. The van der Waals surface area contributed by atoms with E-state index < -0.39 is 17.5 Å². The summed E-state index contributed by atoms with van der Waals surface area (Å²) in [4.78, 5) is 11.7. The first-order chi connectivity index (χ1) is 8.06. The number of phenols is 1. The van der Waals surface area contributed by atoms with Crippen LogP contribution in [0, 0.1) is 12.7 Å². The molecule has 0 unspecified atom stereocenters. The SMILES string of the molecule is Cc1cc(NC(=O)c2ccc(F)cc2O)n[nH]1. The van der Waals surface area contributed by atoms with Crippen molar-refractivity contribution in [1.82, 2.24) is 10.2 Å². The number of rotatable bonds is 2. The number of aromatic hydroxyl groups is 1. The van der Waals surface area contributed by atoms with Gasteiger partial charge in [0, 0.05) is 17.8 Å². The minimum absolute atomic E-state index is 0.00736. The van der Waals surface area contributed by atoms with E-state index in [1.54, 1.807) is 13.0 Å². The quantitative estimate of drug-likeness (QED) is 0.742. The smallest absolute Gasteiger partial charge is 0.260 e. The molecule has 1 amide bonds. The van der Waals surface area contributed by atoms with Crippen LogP contribution in [-0.4, -0.2) is 21.2 Å². The number of hydrogen-bond acceptors (Lipinski definition) is 3. The number of anilines is 1. The fourth-order valence-electron chi connectivity index (χ4n) is 1.36. The van der Waals surface area contributed by atoms with Crippen LogP contribution < -0.4 is 5.32 Å². The molecule has 0 radical (unpaired) electrons. The number of aromatic nitrogens is 2. The molecule has 0 aliphatic heterocycles. The molecule has 0 saturated heterocycles. The molecule has 0 aliphatic carbocycles. The van der Waals surface area contributed by atoms with Crippen molar-refractivity contribution >= 4 is 11.7 Å². The summed E-state index contributed by atoms with van der Waals surface area (Å²) in [6.45, 7) is 1.79. The van der Waals surface area contributed by atoms with Crippen molar-refractivity contribution in [2.75, 3.05) is 5.32 Å². The summed E-state index contributed by atoms with van der Waals surface area (Å²) in [6.07, 6.45) is 0. The fourth-order valence-corrected chi connectivity index (χ4v) is 1.36. The largest absolute Gasteiger partial charge is 0.507 e. The first-order valence-electron chi connectivity index (χ1n) is 4.88. The molecule has 0 saturated carbocycles. The van der Waals surface area contributed by atoms with Crippen LogP contribution in [0.4, 0.5) is 10.2 Å². The molecule has 1 aromatic carbocycles. The number of carbonyl (C=O) groups excluding carboxylic acids is 1. The first-order valence-corrected chi connectivity index (χ1v) is 4.88. The molecule has 3 N–H and O–H groups in total. The summed E-state index contributed by atoms with van der Waals surface area (Å²) >= 11 is 0. The van der Waals surface area contributed by atoms with E-state index in [2.05, 4.69) is 15.5 Å². The normalized spacial score (nSPS) is 10.2. The molecular formula is C11H10FN3O2. The Bertz CT molecular complexity index is 566. The molecule has 0 aliphatic rings. The molecule has 0 spiro atoms. The zero-order valence-electron chi connectivity index (χ0n) is 8.99. The number of aromatic amines is 1. The minimum atomic E-state index is -0.602. The standard InChI is InChI=1S/C11H10FN3O2/c1-6-4-10(15-14-6)13-11(17)8-3-2-7(12)5-9(8)16/h2-5,16H,1H3,(H2,13,14,15,17). The summed E-state index contributed by atoms with van der Waals surface area (Å²) in [5.41, 5.74) is 0.788. The average molecular weight is 235 g/mol. The van der Waals surface area contributed by atoms with Crippen LogP contribution in [0.25, 0.3) is 0 Å². The molecule has 1 aromatic heterocycles. The van der Waals surface area contributed by atoms with Crippen LogP contribution in [0.3, 0.4) is 0 Å². The Labute approximate surface area is 96.3 Å². The lowest BCUT2D eigenvalue weighted by Crippen LogP contribution is -2.12. The van der Waals surface area contributed by atoms with E-state index in [0.29, 0.717) is 5.82 Å². The van der Waals surface area contributed by atoms with Crippen molar-refractivity contribution in [3.8, 4) is 5.75 Å². The highest BCUT2D eigenvalue weighted by atomic mass is 19.1. The van der Waals surface area contributed by atoms with Crippen molar-refractivity contribution in [3.63, 3.8) is 0 Å². The number of benzene rings is 1. The number of halogens is 1. The highest BCUT2D eigenvalue weighted by Gasteiger charge is 2.12. The van der Waals surface area contributed by atoms with Gasteiger partial charge in [0.1, 0.15) is 11.6 Å². The minimum Gasteiger partial charge on any atom is -0.507 e. The Kier molecular flexibility index (Phi) is 2.78. The van der Waals surface area contributed by atoms with Crippen LogP contribution in [0.5, 0.6) is 5.75 Å². The van der Waals surface area contributed by atoms with Gasteiger partial charge >= 0.3 is 0 Å². The Balaban J connectivity index is 2.20. The van der Waals surface area contributed by atoms with E-state index in [0.717, 1.165) is 17.8 Å². The second-order valence-electron chi connectivity index (χ2n) is 3.55. The second-order valence-corrected chi connectivity index (χ2v) is 3.55. The summed E-state index contributed by atoms with van der Waals surface area (Å²) in [5.74, 6) is -1.21. The van der Waals surface area contributed by atoms with E-state index in [9.17, 15) is 14.3 Å². The highest BCUT2D eigenvalue weighted by molar-refractivity contribution is 6.05. The van der Waals surface area contributed by atoms with Gasteiger partial charge in [-0.1, -0.05) is 0 Å². The molecule has 1 heterocycles. The summed E-state index contributed by atoms with van der Waals surface area (Å²) in [5, 5.41) is 18.4. The molecule has 88 valence electrons. The van der Waals surface area contributed by atoms with Gasteiger partial charge in [-0.25, -0.2) is 4.39 Å². The van der Waals surface area contributed by atoms with Crippen LogP contribution in [-0.2, 0) is 0 Å². The number of nitrogens with zero attached hydrogens (tertiary/aromatic N) is 1. The van der Waals surface area contributed by atoms with Crippen LogP contribution >= 0.6 is 0 Å². The Morgan fingerprint density at radius 3 is 2.82 bits per heavy atom. The first kappa shape index (κ1) is 11.1. The molecule has 0 bridgehead atoms. The maximum absolute atomic E-state index is 12.7. The van der Waals surface area contributed by atoms with E-state index >= 15 is 0 Å². The van der Waals surface area contributed by atoms with Gasteiger partial charge in [0.05, 0.1) is 5.56 Å². The molecule has 5 nitrogen and oxygen atoms in total. The van der Waals surface area contributed by atoms with Gasteiger partial charge in [0.15, 0.2) is 5.82 Å². The molecule has 6 heteroatoms. The number of carbonyl (C=O) groups is 1. The number of phenolic OH excluding ortho intramolecular Hbond substituents is 1. The third-order valence-corrected chi connectivity index (χ3v) is 2.15. The monoisotopic (exact) mass is 235 g/mol. The zero-order valence-corrected chi connectivity index (χ0v) is 8.99. The predicted octanol–water partition coefficient (Wildman–Crippen LogP) is 1.82. The number of amides is 1. The molecule has 2 rings (SSSR count). The number of H-pyrrole nitrogens is 1. The van der Waals surface area contributed by atoms with Crippen molar-refractivity contribution in [2.45, 2.75) is 6.92 Å². The number of aryl methyl sites for hydroxylation is 1. The zero-order chi connectivity index (χ0) is 12.4. The third-order valence-electron chi connectivity index (χ3n) is 2.15. The van der Waals surface area contributed by atoms with Gasteiger partial charge in [0.25, 0.3) is 5.91 Å². The van der Waals surface area contributed by atoms with Crippen molar-refractivity contribution in [1.29, 1.82) is 0 Å². The number of hydrogen-bond donors (Lipinski definition) is 3. The van der Waals surface area contributed by atoms with Gasteiger partial charge in [-0.3, -0.25) is 9.89 Å². The van der Waals surface area contributed by atoms with Crippen molar-refractivity contribution in [3.05, 3.63) is 41.3 Å². The molecular weight excluding hydrogens is 225 g/mol. The maximum Gasteiger partial charge on any atom is 0.260 e. The fraction of sp³-hybridized carbons (Fsp3) is 0.0909. The van der Waals surface area contributed by atoms with Gasteiger partial charge in [-0.05, 0) is 19.1 Å². The van der Waals surface area contributed by atoms with E-state index in [1.165, 1.54) is 6.07 Å². The summed E-state index contributed by atoms with van der Waals surface area (Å²) in [7, 11) is 0. The lowest BCUT2D eigenvalue weighted by Gasteiger charge is -2.03. The van der Waals surface area contributed by atoms with Gasteiger partial charge in [0.2, 0.25) is 0 Å². The summed E-state index contributed by atoms with van der Waals surface area (Å²) < 4.78 is 12.7. The summed E-state index contributed by atoms with van der Waals surface area (Å²) in [6, 6.07) is 4.83. The maximum atomic E-state index is 12.7. The van der Waals surface area contributed by atoms with E-state index in [1.807, 2.05) is 0 Å². The predicted molar refractivity (Wildman–Crippen MR) is 59.3 cm³/mol. The second kappa shape index (κ2) is 4.25. The lowest BCUT2D eigenvalue weighted by atomic mass is 10.2. The topological polar surface area (TPSA) is 78.0 Å². The van der Waals surface area contributed by atoms with Gasteiger partial charge < -0.3 is 10.4 Å². The van der Waals surface area contributed by atoms with Gasteiger partial charge in [-0.15, -0.1) is 0 Å². The third kappa shape index (κ3) is 2.41. The molecule has 17 heavy (non-hydrogen) atoms. The lowest BCUT2D eigenvalue weighted by molar-refractivity contribution is 0.102. The van der Waals surface area contributed by atoms with E-state index in [-0.39, 0.29) is 5.56 Å². The number of nitrogens with one attached hydrogen (secondary N) is 2. The Morgan fingerprint density at radius 1 is 1.47 bits per heavy atom. The van der Waals surface area contributed by atoms with Crippen LogP contribution in [0.2, 0.25) is 0 Å². The van der Waals surface area contributed by atoms with E-state index in [4.69, 9.17) is 0 Å². The van der Waals surface area contributed by atoms with Crippen LogP contribution in [0.15, 0.2) is 24.3 Å². The van der Waals surface area contributed by atoms with Gasteiger partial charge in [-0.2, -0.15) is 5.10 Å². The Hall–Kier alpha value is -2.37. The molecule has 0 atom stereocenters. The van der Waals surface area contributed by atoms with Crippen LogP contribution in [0.1, 0.15) is 16.1 Å².